The number of carboxylic acids is 1. The summed E-state index contributed by atoms with van der Waals surface area (Å²) in [5.74, 6) is -0.148. The minimum atomic E-state index is -0.965. The molecule has 4 rings (SSSR count). The van der Waals surface area contributed by atoms with Crippen molar-refractivity contribution in [1.29, 1.82) is 0 Å². The fourth-order valence-corrected chi connectivity index (χ4v) is 3.46. The Labute approximate surface area is 149 Å². The van der Waals surface area contributed by atoms with Gasteiger partial charge >= 0.3 is 5.97 Å². The number of amidine groups is 1. The molecule has 2 aromatic rings. The number of hydrogen-bond donors (Lipinski definition) is 3. The number of hydrogen-bond acceptors (Lipinski definition) is 5. The van der Waals surface area contributed by atoms with Crippen LogP contribution >= 0.6 is 11.6 Å². The Morgan fingerprint density at radius 3 is 2.68 bits per heavy atom. The number of anilines is 1. The van der Waals surface area contributed by atoms with Crippen LogP contribution in [0.25, 0.3) is 5.57 Å². The second kappa shape index (κ2) is 5.53. The van der Waals surface area contributed by atoms with Gasteiger partial charge in [0.2, 0.25) is 0 Å². The number of nitrogens with one attached hydrogen (secondary N) is 1. The third-order valence-electron chi connectivity index (χ3n) is 4.45. The molecule has 2 aliphatic heterocycles. The molecular weight excluding hydrogens is 340 g/mol. The molecule has 0 bridgehead atoms. The van der Waals surface area contributed by atoms with Gasteiger partial charge in [0, 0.05) is 16.2 Å². The number of aromatic carboxylic acids is 1. The number of carboxylic acid groups (broad SMARTS) is 1. The van der Waals surface area contributed by atoms with Gasteiger partial charge in [-0.3, -0.25) is 5.43 Å². The van der Waals surface area contributed by atoms with Crippen LogP contribution in [0.2, 0.25) is 5.02 Å². The second-order valence-corrected chi connectivity index (χ2v) is 6.37. The van der Waals surface area contributed by atoms with Crippen molar-refractivity contribution < 1.29 is 9.90 Å². The number of fused-ring (bicyclic) bond motifs is 3. The van der Waals surface area contributed by atoms with Gasteiger partial charge in [-0.15, -0.1) is 0 Å². The Bertz CT molecular complexity index is 950. The van der Waals surface area contributed by atoms with Crippen LogP contribution in [0, 0.1) is 0 Å². The highest BCUT2D eigenvalue weighted by Crippen LogP contribution is 2.41. The Morgan fingerprint density at radius 2 is 2.00 bits per heavy atom. The first-order valence-electron chi connectivity index (χ1n) is 7.69. The lowest BCUT2D eigenvalue weighted by atomic mass is 9.89. The molecule has 0 aliphatic carbocycles. The summed E-state index contributed by atoms with van der Waals surface area (Å²) in [5, 5.41) is 14.0. The van der Waals surface area contributed by atoms with Crippen molar-refractivity contribution >= 4 is 34.7 Å². The first-order valence-corrected chi connectivity index (χ1v) is 8.07. The molecular formula is C18H15ClN4O2. The zero-order valence-electron chi connectivity index (χ0n) is 13.3. The van der Waals surface area contributed by atoms with E-state index in [4.69, 9.17) is 22.4 Å². The Kier molecular flexibility index (Phi) is 3.43. The highest BCUT2D eigenvalue weighted by molar-refractivity contribution is 6.31. The minimum absolute atomic E-state index is 0.227. The van der Waals surface area contributed by atoms with Crippen LogP contribution < -0.4 is 16.1 Å². The third-order valence-corrected chi connectivity index (χ3v) is 4.68. The molecule has 1 unspecified atom stereocenters. The van der Waals surface area contributed by atoms with E-state index in [0.717, 1.165) is 28.2 Å². The molecule has 4 N–H and O–H groups in total. The Morgan fingerprint density at radius 1 is 1.28 bits per heavy atom. The molecule has 1 atom stereocenters. The molecule has 2 aromatic carbocycles. The highest BCUT2D eigenvalue weighted by atomic mass is 35.5. The van der Waals surface area contributed by atoms with E-state index in [0.29, 0.717) is 10.7 Å². The smallest absolute Gasteiger partial charge is 0.335 e. The van der Waals surface area contributed by atoms with E-state index < -0.39 is 5.97 Å². The summed E-state index contributed by atoms with van der Waals surface area (Å²) in [7, 11) is 0. The van der Waals surface area contributed by atoms with Gasteiger partial charge in [-0.1, -0.05) is 23.7 Å². The monoisotopic (exact) mass is 354 g/mol. The fourth-order valence-electron chi connectivity index (χ4n) is 3.29. The number of nitrogens with zero attached hydrogens (tertiary/aromatic N) is 2. The van der Waals surface area contributed by atoms with Crippen LogP contribution in [0.1, 0.15) is 28.4 Å². The number of nitrogens with two attached hydrogens (primary N) is 1. The summed E-state index contributed by atoms with van der Waals surface area (Å²) in [6, 6.07) is 12.3. The van der Waals surface area contributed by atoms with Gasteiger partial charge in [-0.25, -0.2) is 4.79 Å². The largest absolute Gasteiger partial charge is 0.478 e. The average Bonchev–Trinajstić information content (AvgIpc) is 2.98. The molecule has 0 saturated carbocycles. The molecule has 0 saturated heterocycles. The van der Waals surface area contributed by atoms with Crippen LogP contribution in [0.15, 0.2) is 53.3 Å². The van der Waals surface area contributed by atoms with Crippen molar-refractivity contribution in [3.8, 4) is 0 Å². The van der Waals surface area contributed by atoms with E-state index in [1.54, 1.807) is 24.3 Å². The average molecular weight is 355 g/mol. The molecule has 6 nitrogen and oxygen atoms in total. The van der Waals surface area contributed by atoms with Crippen molar-refractivity contribution in [3.63, 3.8) is 0 Å². The maximum Gasteiger partial charge on any atom is 0.335 e. The summed E-state index contributed by atoms with van der Waals surface area (Å²) in [5.41, 5.74) is 13.8. The first-order chi connectivity index (χ1) is 12.0. The summed E-state index contributed by atoms with van der Waals surface area (Å²) < 4.78 is 0. The standard InChI is InChI=1S/C18H15ClN4O2/c1-9-21-22-17-16(20)15(10-2-4-11(5-3-10)18(24)25)13-8-12(19)6-7-14(13)23(9)17/h2-8,17,22H,20H2,1H3,(H,24,25). The lowest BCUT2D eigenvalue weighted by Gasteiger charge is -2.35. The van der Waals surface area contributed by atoms with E-state index in [9.17, 15) is 4.79 Å². The van der Waals surface area contributed by atoms with Crippen LogP contribution in [-0.4, -0.2) is 23.1 Å². The molecule has 0 amide bonds. The predicted molar refractivity (Wildman–Crippen MR) is 97.6 cm³/mol. The third kappa shape index (κ3) is 2.34. The maximum atomic E-state index is 11.1. The van der Waals surface area contributed by atoms with Crippen molar-refractivity contribution in [2.45, 2.75) is 13.1 Å². The van der Waals surface area contributed by atoms with Gasteiger partial charge in [0.15, 0.2) is 6.17 Å². The maximum absolute atomic E-state index is 11.1. The van der Waals surface area contributed by atoms with E-state index in [2.05, 4.69) is 10.5 Å². The number of halogens is 1. The molecule has 126 valence electrons. The Hall–Kier alpha value is -2.99. The summed E-state index contributed by atoms with van der Waals surface area (Å²) in [6.45, 7) is 1.91. The molecule has 0 spiro atoms. The lowest BCUT2D eigenvalue weighted by Crippen LogP contribution is -2.46. The fraction of sp³-hybridized carbons (Fsp3) is 0.111. The van der Waals surface area contributed by atoms with Gasteiger partial charge in [-0.05, 0) is 42.8 Å². The van der Waals surface area contributed by atoms with E-state index in [1.807, 2.05) is 30.0 Å². The number of carbonyl (C=O) groups is 1. The first kappa shape index (κ1) is 15.5. The summed E-state index contributed by atoms with van der Waals surface area (Å²) in [4.78, 5) is 13.1. The zero-order valence-corrected chi connectivity index (χ0v) is 14.1. The SMILES string of the molecule is CC1=NNC2C(N)=C(c3ccc(C(=O)O)cc3)c3cc(Cl)ccc3N12. The van der Waals surface area contributed by atoms with Crippen LogP contribution in [0.5, 0.6) is 0 Å². The van der Waals surface area contributed by atoms with Gasteiger partial charge < -0.3 is 15.7 Å². The molecule has 2 aliphatic rings. The van der Waals surface area contributed by atoms with E-state index in [1.165, 1.54) is 0 Å². The highest BCUT2D eigenvalue weighted by Gasteiger charge is 2.37. The molecule has 7 heteroatoms. The van der Waals surface area contributed by atoms with E-state index in [-0.39, 0.29) is 11.7 Å². The lowest BCUT2D eigenvalue weighted by molar-refractivity contribution is 0.0697. The van der Waals surface area contributed by atoms with Gasteiger partial charge in [0.1, 0.15) is 5.84 Å². The second-order valence-electron chi connectivity index (χ2n) is 5.93. The predicted octanol–water partition coefficient (Wildman–Crippen LogP) is 2.84. The topological polar surface area (TPSA) is 90.9 Å². The molecule has 25 heavy (non-hydrogen) atoms. The molecule has 2 heterocycles. The van der Waals surface area contributed by atoms with Crippen LogP contribution in [-0.2, 0) is 0 Å². The van der Waals surface area contributed by atoms with Crippen molar-refractivity contribution in [2.24, 2.45) is 10.8 Å². The number of hydrazone groups is 1. The molecule has 0 aromatic heterocycles. The van der Waals surface area contributed by atoms with E-state index >= 15 is 0 Å². The summed E-state index contributed by atoms with van der Waals surface area (Å²) >= 11 is 6.22. The molecule has 0 fully saturated rings. The van der Waals surface area contributed by atoms with Gasteiger partial charge in [0.25, 0.3) is 0 Å². The summed E-state index contributed by atoms with van der Waals surface area (Å²) in [6.07, 6.45) is -0.275. The van der Waals surface area contributed by atoms with Crippen molar-refractivity contribution in [3.05, 3.63) is 69.9 Å². The van der Waals surface area contributed by atoms with Crippen molar-refractivity contribution in [1.82, 2.24) is 5.43 Å². The van der Waals surface area contributed by atoms with Crippen molar-refractivity contribution in [2.75, 3.05) is 4.90 Å². The van der Waals surface area contributed by atoms with Gasteiger partial charge in [0.05, 0.1) is 16.9 Å². The Balaban J connectivity index is 1.92. The molecule has 0 radical (unpaired) electrons. The zero-order chi connectivity index (χ0) is 17.7. The quantitative estimate of drug-likeness (QED) is 0.771. The number of benzene rings is 2. The van der Waals surface area contributed by atoms with Crippen LogP contribution in [0.4, 0.5) is 5.69 Å². The normalized spacial score (nSPS) is 18.4. The van der Waals surface area contributed by atoms with Crippen LogP contribution in [0.3, 0.4) is 0 Å². The minimum Gasteiger partial charge on any atom is -0.478 e. The number of rotatable bonds is 2. The van der Waals surface area contributed by atoms with Gasteiger partial charge in [-0.2, -0.15) is 5.10 Å².